The monoisotopic (exact) mass is 530 g/mol. The van der Waals surface area contributed by atoms with Crippen molar-refractivity contribution < 1.29 is 36.9 Å². The SMILES string of the molecule is COc1ccc(CNC(=O)CN(c2cc(OC)ccc2OC)S(=O)(=O)c2ccc(OC)c(OC)c2)cc1. The largest absolute Gasteiger partial charge is 0.497 e. The van der Waals surface area contributed by atoms with Gasteiger partial charge in [-0.1, -0.05) is 12.1 Å². The highest BCUT2D eigenvalue weighted by Gasteiger charge is 2.31. The van der Waals surface area contributed by atoms with Gasteiger partial charge in [-0.2, -0.15) is 0 Å². The predicted octanol–water partition coefficient (Wildman–Crippen LogP) is 3.24. The van der Waals surface area contributed by atoms with Crippen LogP contribution in [0, 0.1) is 0 Å². The highest BCUT2D eigenvalue weighted by molar-refractivity contribution is 7.92. The summed E-state index contributed by atoms with van der Waals surface area (Å²) >= 11 is 0. The van der Waals surface area contributed by atoms with E-state index in [0.717, 1.165) is 9.87 Å². The normalized spacial score (nSPS) is 10.8. The Morgan fingerprint density at radius 2 is 1.32 bits per heavy atom. The third-order valence-electron chi connectivity index (χ3n) is 5.53. The van der Waals surface area contributed by atoms with Crippen LogP contribution in [0.25, 0.3) is 0 Å². The van der Waals surface area contributed by atoms with Crippen molar-refractivity contribution in [3.63, 3.8) is 0 Å². The van der Waals surface area contributed by atoms with E-state index in [9.17, 15) is 13.2 Å². The van der Waals surface area contributed by atoms with Crippen LogP contribution in [-0.4, -0.2) is 56.4 Å². The number of carbonyl (C=O) groups is 1. The molecule has 0 unspecified atom stereocenters. The molecule has 0 fully saturated rings. The molecule has 0 spiro atoms. The lowest BCUT2D eigenvalue weighted by atomic mass is 10.2. The molecule has 0 atom stereocenters. The Kier molecular flexibility index (Phi) is 9.07. The lowest BCUT2D eigenvalue weighted by Crippen LogP contribution is -2.40. The zero-order valence-electron chi connectivity index (χ0n) is 21.3. The number of sulfonamides is 1. The van der Waals surface area contributed by atoms with E-state index in [1.807, 2.05) is 12.1 Å². The summed E-state index contributed by atoms with van der Waals surface area (Å²) in [5, 5.41) is 2.76. The lowest BCUT2D eigenvalue weighted by Gasteiger charge is -2.26. The van der Waals surface area contributed by atoms with Crippen LogP contribution in [0.2, 0.25) is 0 Å². The van der Waals surface area contributed by atoms with Crippen molar-refractivity contribution in [3.8, 4) is 28.7 Å². The molecule has 0 aliphatic heterocycles. The topological polar surface area (TPSA) is 113 Å². The number of carbonyl (C=O) groups excluding carboxylic acids is 1. The summed E-state index contributed by atoms with van der Waals surface area (Å²) in [6.07, 6.45) is 0. The highest BCUT2D eigenvalue weighted by atomic mass is 32.2. The molecule has 11 heteroatoms. The second kappa shape index (κ2) is 12.2. The van der Waals surface area contributed by atoms with E-state index in [4.69, 9.17) is 23.7 Å². The summed E-state index contributed by atoms with van der Waals surface area (Å²) in [4.78, 5) is 12.9. The van der Waals surface area contributed by atoms with E-state index in [0.29, 0.717) is 17.2 Å². The molecule has 3 aromatic carbocycles. The fraction of sp³-hybridized carbons (Fsp3) is 0.269. The second-order valence-corrected chi connectivity index (χ2v) is 9.55. The molecule has 0 saturated carbocycles. The number of nitrogens with one attached hydrogen (secondary N) is 1. The van der Waals surface area contributed by atoms with Gasteiger partial charge in [0.1, 0.15) is 23.8 Å². The molecule has 0 bridgehead atoms. The van der Waals surface area contributed by atoms with E-state index in [-0.39, 0.29) is 28.6 Å². The summed E-state index contributed by atoms with van der Waals surface area (Å²) in [6.45, 7) is -0.321. The van der Waals surface area contributed by atoms with Crippen LogP contribution >= 0.6 is 0 Å². The summed E-state index contributed by atoms with van der Waals surface area (Å²) in [6, 6.07) is 16.1. The summed E-state index contributed by atoms with van der Waals surface area (Å²) < 4.78 is 55.1. The molecule has 0 saturated heterocycles. The maximum Gasteiger partial charge on any atom is 0.265 e. The molecular formula is C26H30N2O8S. The summed E-state index contributed by atoms with van der Waals surface area (Å²) in [5.74, 6) is 1.39. The number of methoxy groups -OCH3 is 5. The standard InChI is InChI=1S/C26H30N2O8S/c1-32-19-8-6-18(7-9-19)16-27-26(29)17-28(22-14-20(33-2)10-12-23(22)34-3)37(30,31)21-11-13-24(35-4)25(15-21)36-5/h6-15H,16-17H2,1-5H3,(H,27,29). The number of benzene rings is 3. The van der Waals surface area contributed by atoms with Gasteiger partial charge >= 0.3 is 0 Å². The molecule has 0 aliphatic rings. The fourth-order valence-electron chi connectivity index (χ4n) is 3.53. The highest BCUT2D eigenvalue weighted by Crippen LogP contribution is 2.37. The van der Waals surface area contributed by atoms with E-state index >= 15 is 0 Å². The van der Waals surface area contributed by atoms with E-state index < -0.39 is 22.5 Å². The number of rotatable bonds is 12. The average molecular weight is 531 g/mol. The van der Waals surface area contributed by atoms with Gasteiger partial charge < -0.3 is 29.0 Å². The predicted molar refractivity (Wildman–Crippen MR) is 138 cm³/mol. The first-order valence-electron chi connectivity index (χ1n) is 11.1. The van der Waals surface area contributed by atoms with Gasteiger partial charge in [0.2, 0.25) is 5.91 Å². The maximum atomic E-state index is 13.9. The Bertz CT molecular complexity index is 1330. The number of hydrogen-bond acceptors (Lipinski definition) is 8. The van der Waals surface area contributed by atoms with Gasteiger partial charge in [-0.25, -0.2) is 8.42 Å². The Morgan fingerprint density at radius 3 is 1.92 bits per heavy atom. The van der Waals surface area contributed by atoms with Gasteiger partial charge in [0.05, 0.1) is 46.1 Å². The first kappa shape index (κ1) is 27.5. The average Bonchev–Trinajstić information content (AvgIpc) is 2.94. The van der Waals surface area contributed by atoms with E-state index in [1.54, 1.807) is 31.4 Å². The quantitative estimate of drug-likeness (QED) is 0.380. The molecule has 0 aromatic heterocycles. The minimum absolute atomic E-state index is 0.0991. The number of ether oxygens (including phenoxy) is 5. The van der Waals surface area contributed by atoms with Gasteiger partial charge in [-0.3, -0.25) is 9.10 Å². The van der Waals surface area contributed by atoms with Crippen molar-refractivity contribution in [2.24, 2.45) is 0 Å². The Morgan fingerprint density at radius 1 is 0.730 bits per heavy atom. The molecule has 37 heavy (non-hydrogen) atoms. The summed E-state index contributed by atoms with van der Waals surface area (Å²) in [7, 11) is 3.02. The van der Waals surface area contributed by atoms with Crippen LogP contribution in [0.1, 0.15) is 5.56 Å². The van der Waals surface area contributed by atoms with E-state index in [1.165, 1.54) is 52.7 Å². The van der Waals surface area contributed by atoms with Crippen molar-refractivity contribution in [1.82, 2.24) is 5.32 Å². The van der Waals surface area contributed by atoms with Gasteiger partial charge in [-0.05, 0) is 42.0 Å². The lowest BCUT2D eigenvalue weighted by molar-refractivity contribution is -0.119. The zero-order valence-corrected chi connectivity index (χ0v) is 22.1. The minimum atomic E-state index is -4.27. The van der Waals surface area contributed by atoms with E-state index in [2.05, 4.69) is 5.32 Å². The van der Waals surface area contributed by atoms with Gasteiger partial charge in [0.25, 0.3) is 10.0 Å². The molecule has 1 amide bonds. The zero-order chi connectivity index (χ0) is 27.0. The smallest absolute Gasteiger partial charge is 0.265 e. The van der Waals surface area contributed by atoms with Crippen molar-refractivity contribution in [2.45, 2.75) is 11.4 Å². The van der Waals surface area contributed by atoms with Crippen molar-refractivity contribution in [2.75, 3.05) is 46.4 Å². The van der Waals surface area contributed by atoms with Crippen molar-refractivity contribution >= 4 is 21.6 Å². The third kappa shape index (κ3) is 6.36. The molecule has 1 N–H and O–H groups in total. The van der Waals surface area contributed by atoms with Crippen LogP contribution in [0.4, 0.5) is 5.69 Å². The molecule has 198 valence electrons. The maximum absolute atomic E-state index is 13.9. The molecular weight excluding hydrogens is 500 g/mol. The van der Waals surface area contributed by atoms with Crippen LogP contribution in [0.5, 0.6) is 28.7 Å². The van der Waals surface area contributed by atoms with Crippen LogP contribution in [0.15, 0.2) is 65.6 Å². The number of anilines is 1. The molecule has 3 aromatic rings. The number of nitrogens with zero attached hydrogens (tertiary/aromatic N) is 1. The Hall–Kier alpha value is -4.12. The van der Waals surface area contributed by atoms with Crippen molar-refractivity contribution in [1.29, 1.82) is 0 Å². The van der Waals surface area contributed by atoms with Gasteiger partial charge in [-0.15, -0.1) is 0 Å². The Balaban J connectivity index is 1.99. The third-order valence-corrected chi connectivity index (χ3v) is 7.29. The van der Waals surface area contributed by atoms with Crippen LogP contribution < -0.4 is 33.3 Å². The van der Waals surface area contributed by atoms with Gasteiger partial charge in [0, 0.05) is 18.7 Å². The molecule has 0 radical (unpaired) electrons. The molecule has 0 aliphatic carbocycles. The summed E-state index contributed by atoms with van der Waals surface area (Å²) in [5.41, 5.74) is 0.957. The minimum Gasteiger partial charge on any atom is -0.497 e. The van der Waals surface area contributed by atoms with Crippen LogP contribution in [-0.2, 0) is 21.4 Å². The molecule has 10 nitrogen and oxygen atoms in total. The number of hydrogen-bond donors (Lipinski definition) is 1. The first-order chi connectivity index (χ1) is 17.8. The number of amides is 1. The van der Waals surface area contributed by atoms with Crippen molar-refractivity contribution in [3.05, 3.63) is 66.2 Å². The van der Waals surface area contributed by atoms with Gasteiger partial charge in [0.15, 0.2) is 11.5 Å². The first-order valence-corrected chi connectivity index (χ1v) is 12.6. The molecule has 0 heterocycles. The Labute approximate surface area is 216 Å². The second-order valence-electron chi connectivity index (χ2n) is 7.69. The fourth-order valence-corrected chi connectivity index (χ4v) is 4.97. The molecule has 3 rings (SSSR count). The van der Waals surface area contributed by atoms with Crippen LogP contribution in [0.3, 0.4) is 0 Å².